The summed E-state index contributed by atoms with van der Waals surface area (Å²) in [6, 6.07) is 4.22. The second-order valence-corrected chi connectivity index (χ2v) is 5.03. The average molecular weight is 249 g/mol. The van der Waals surface area contributed by atoms with Crippen LogP contribution in [0, 0.1) is 0 Å². The van der Waals surface area contributed by atoms with Crippen LogP contribution < -0.4 is 10.6 Å². The summed E-state index contributed by atoms with van der Waals surface area (Å²) in [5.74, 6) is 0. The van der Waals surface area contributed by atoms with E-state index in [-0.39, 0.29) is 0 Å². The molecule has 0 amide bonds. The Morgan fingerprint density at radius 1 is 1.42 bits per heavy atom. The molecule has 0 fully saturated rings. The second kappa shape index (κ2) is 5.70. The van der Waals surface area contributed by atoms with Crippen molar-refractivity contribution in [1.82, 2.24) is 10.6 Å². The van der Waals surface area contributed by atoms with E-state index < -0.39 is 0 Å². The van der Waals surface area contributed by atoms with Gasteiger partial charge in [0.15, 0.2) is 0 Å². The fourth-order valence-electron chi connectivity index (χ4n) is 0.872. The number of rotatable bonds is 5. The largest absolute Gasteiger partial charge is 0.318 e. The van der Waals surface area contributed by atoms with E-state index in [2.05, 4.69) is 38.7 Å². The fourth-order valence-corrected chi connectivity index (χ4v) is 2.32. The van der Waals surface area contributed by atoms with Gasteiger partial charge in [0.05, 0.1) is 3.79 Å². The van der Waals surface area contributed by atoms with Crippen LogP contribution >= 0.6 is 27.3 Å². The van der Waals surface area contributed by atoms with E-state index in [9.17, 15) is 0 Å². The molecular weight excluding hydrogens is 236 g/mol. The standard InChI is InChI=1S/C8H13BrN2S/c1-10-4-5-11-6-7-2-3-8(9)12-7/h2-3,10-11H,4-6H2,1H3. The SMILES string of the molecule is CNCCNCc1ccc(Br)s1. The van der Waals surface area contributed by atoms with Gasteiger partial charge in [0.1, 0.15) is 0 Å². The van der Waals surface area contributed by atoms with Crippen molar-refractivity contribution in [3.63, 3.8) is 0 Å². The van der Waals surface area contributed by atoms with Gasteiger partial charge in [-0.1, -0.05) is 0 Å². The third-order valence-electron chi connectivity index (χ3n) is 1.48. The summed E-state index contributed by atoms with van der Waals surface area (Å²) >= 11 is 5.21. The summed E-state index contributed by atoms with van der Waals surface area (Å²) in [7, 11) is 1.96. The molecule has 0 aliphatic rings. The Labute approximate surface area is 85.5 Å². The smallest absolute Gasteiger partial charge is 0.0701 e. The Morgan fingerprint density at radius 2 is 2.25 bits per heavy atom. The van der Waals surface area contributed by atoms with E-state index in [0.717, 1.165) is 19.6 Å². The van der Waals surface area contributed by atoms with Gasteiger partial charge in [0.25, 0.3) is 0 Å². The number of thiophene rings is 1. The molecule has 0 aliphatic carbocycles. The molecule has 0 radical (unpaired) electrons. The summed E-state index contributed by atoms with van der Waals surface area (Å²) in [4.78, 5) is 1.37. The molecule has 0 saturated heterocycles. The van der Waals surface area contributed by atoms with Gasteiger partial charge in [-0.15, -0.1) is 11.3 Å². The van der Waals surface area contributed by atoms with Crippen molar-refractivity contribution in [3.8, 4) is 0 Å². The molecule has 0 aromatic carbocycles. The number of hydrogen-bond donors (Lipinski definition) is 2. The first-order valence-electron chi connectivity index (χ1n) is 3.92. The van der Waals surface area contributed by atoms with Crippen molar-refractivity contribution in [2.45, 2.75) is 6.54 Å². The highest BCUT2D eigenvalue weighted by atomic mass is 79.9. The summed E-state index contributed by atoms with van der Waals surface area (Å²) in [5.41, 5.74) is 0. The molecule has 4 heteroatoms. The highest BCUT2D eigenvalue weighted by Crippen LogP contribution is 2.21. The van der Waals surface area contributed by atoms with Crippen molar-refractivity contribution in [2.24, 2.45) is 0 Å². The number of likely N-dealkylation sites (N-methyl/N-ethyl adjacent to an activating group) is 1. The van der Waals surface area contributed by atoms with Crippen molar-refractivity contribution in [1.29, 1.82) is 0 Å². The molecule has 2 nitrogen and oxygen atoms in total. The zero-order chi connectivity index (χ0) is 8.81. The van der Waals surface area contributed by atoms with Crippen molar-refractivity contribution in [2.75, 3.05) is 20.1 Å². The van der Waals surface area contributed by atoms with E-state index in [1.807, 2.05) is 7.05 Å². The second-order valence-electron chi connectivity index (χ2n) is 2.49. The van der Waals surface area contributed by atoms with Crippen LogP contribution in [0.4, 0.5) is 0 Å². The molecule has 0 unspecified atom stereocenters. The predicted molar refractivity (Wildman–Crippen MR) is 57.7 cm³/mol. The molecule has 1 aromatic rings. The summed E-state index contributed by atoms with van der Waals surface area (Å²) < 4.78 is 1.20. The van der Waals surface area contributed by atoms with Gasteiger partial charge < -0.3 is 10.6 Å². The fraction of sp³-hybridized carbons (Fsp3) is 0.500. The minimum Gasteiger partial charge on any atom is -0.318 e. The predicted octanol–water partition coefficient (Wildman–Crippen LogP) is 1.82. The van der Waals surface area contributed by atoms with E-state index in [1.165, 1.54) is 8.66 Å². The van der Waals surface area contributed by atoms with Gasteiger partial charge in [-0.05, 0) is 35.1 Å². The van der Waals surface area contributed by atoms with Crippen molar-refractivity contribution >= 4 is 27.3 Å². The maximum absolute atomic E-state index is 3.43. The van der Waals surface area contributed by atoms with Crippen LogP contribution in [0.15, 0.2) is 15.9 Å². The van der Waals surface area contributed by atoms with Crippen LogP contribution in [0.2, 0.25) is 0 Å². The molecule has 1 rings (SSSR count). The number of halogens is 1. The van der Waals surface area contributed by atoms with Crippen LogP contribution in [-0.2, 0) is 6.54 Å². The Bertz CT molecular complexity index is 225. The Kier molecular flexibility index (Phi) is 4.83. The van der Waals surface area contributed by atoms with Crippen LogP contribution in [0.5, 0.6) is 0 Å². The number of nitrogens with one attached hydrogen (secondary N) is 2. The quantitative estimate of drug-likeness (QED) is 0.778. The van der Waals surface area contributed by atoms with Gasteiger partial charge >= 0.3 is 0 Å². The van der Waals surface area contributed by atoms with Gasteiger partial charge in [-0.2, -0.15) is 0 Å². The lowest BCUT2D eigenvalue weighted by molar-refractivity contribution is 0.655. The molecule has 2 N–H and O–H groups in total. The molecule has 0 saturated carbocycles. The van der Waals surface area contributed by atoms with Gasteiger partial charge in [-0.3, -0.25) is 0 Å². The topological polar surface area (TPSA) is 24.1 Å². The molecular formula is C8H13BrN2S. The third kappa shape index (κ3) is 3.67. The van der Waals surface area contributed by atoms with Crippen LogP contribution in [0.25, 0.3) is 0 Å². The van der Waals surface area contributed by atoms with Crippen molar-refractivity contribution < 1.29 is 0 Å². The third-order valence-corrected chi connectivity index (χ3v) is 3.10. The van der Waals surface area contributed by atoms with Gasteiger partial charge in [0.2, 0.25) is 0 Å². The van der Waals surface area contributed by atoms with Crippen molar-refractivity contribution in [3.05, 3.63) is 20.8 Å². The normalized spacial score (nSPS) is 10.5. The van der Waals surface area contributed by atoms with E-state index in [0.29, 0.717) is 0 Å². The summed E-state index contributed by atoms with van der Waals surface area (Å²) in [6.07, 6.45) is 0. The maximum atomic E-state index is 3.43. The highest BCUT2D eigenvalue weighted by Gasteiger charge is 1.95. The Morgan fingerprint density at radius 3 is 2.83 bits per heavy atom. The van der Waals surface area contributed by atoms with E-state index in [1.54, 1.807) is 11.3 Å². The summed E-state index contributed by atoms with van der Waals surface area (Å²) in [5, 5.41) is 6.43. The van der Waals surface area contributed by atoms with Gasteiger partial charge in [0, 0.05) is 24.5 Å². The van der Waals surface area contributed by atoms with Gasteiger partial charge in [-0.25, -0.2) is 0 Å². The zero-order valence-electron chi connectivity index (χ0n) is 7.06. The van der Waals surface area contributed by atoms with Crippen LogP contribution in [-0.4, -0.2) is 20.1 Å². The van der Waals surface area contributed by atoms with E-state index in [4.69, 9.17) is 0 Å². The van der Waals surface area contributed by atoms with Crippen LogP contribution in [0.3, 0.4) is 0 Å². The Hall–Kier alpha value is 0.1000. The molecule has 1 heterocycles. The monoisotopic (exact) mass is 248 g/mol. The molecule has 0 spiro atoms. The first kappa shape index (κ1) is 10.2. The lowest BCUT2D eigenvalue weighted by atomic mass is 10.4. The maximum Gasteiger partial charge on any atom is 0.0701 e. The first-order chi connectivity index (χ1) is 5.83. The number of hydrogen-bond acceptors (Lipinski definition) is 3. The minimum atomic E-state index is 0.970. The lowest BCUT2D eigenvalue weighted by Gasteiger charge is -2.00. The highest BCUT2D eigenvalue weighted by molar-refractivity contribution is 9.11. The molecule has 68 valence electrons. The molecule has 0 bridgehead atoms. The average Bonchev–Trinajstić information content (AvgIpc) is 2.45. The van der Waals surface area contributed by atoms with Crippen LogP contribution in [0.1, 0.15) is 4.88 Å². The zero-order valence-corrected chi connectivity index (χ0v) is 9.46. The molecule has 0 aliphatic heterocycles. The molecule has 12 heavy (non-hydrogen) atoms. The lowest BCUT2D eigenvalue weighted by Crippen LogP contribution is -2.24. The summed E-state index contributed by atoms with van der Waals surface area (Å²) in [6.45, 7) is 3.01. The molecule has 1 aromatic heterocycles. The first-order valence-corrected chi connectivity index (χ1v) is 5.53. The minimum absolute atomic E-state index is 0.970. The Balaban J connectivity index is 2.15. The van der Waals surface area contributed by atoms with E-state index >= 15 is 0 Å². The molecule has 0 atom stereocenters.